The van der Waals surface area contributed by atoms with Crippen molar-refractivity contribution in [3.8, 4) is 0 Å². The lowest BCUT2D eigenvalue weighted by molar-refractivity contribution is -0.132. The van der Waals surface area contributed by atoms with Gasteiger partial charge in [-0.1, -0.05) is 13.8 Å². The Morgan fingerprint density at radius 3 is 2.20 bits per heavy atom. The lowest BCUT2D eigenvalue weighted by atomic mass is 9.92. The van der Waals surface area contributed by atoms with E-state index in [9.17, 15) is 4.79 Å². The van der Waals surface area contributed by atoms with E-state index in [2.05, 4.69) is 5.32 Å². The summed E-state index contributed by atoms with van der Waals surface area (Å²) >= 11 is 0. The van der Waals surface area contributed by atoms with E-state index in [1.165, 1.54) is 7.11 Å². The molecular formula is C10H23ClN2O2. The van der Waals surface area contributed by atoms with Crippen molar-refractivity contribution in [2.75, 3.05) is 13.7 Å². The van der Waals surface area contributed by atoms with Gasteiger partial charge in [-0.25, -0.2) is 0 Å². The number of amides is 1. The maximum absolute atomic E-state index is 11.6. The predicted octanol–water partition coefficient (Wildman–Crippen LogP) is 1.08. The first-order valence-corrected chi connectivity index (χ1v) is 5.10. The summed E-state index contributed by atoms with van der Waals surface area (Å²) < 4.78 is 4.94. The third-order valence-corrected chi connectivity index (χ3v) is 2.86. The highest BCUT2D eigenvalue weighted by Gasteiger charge is 2.28. The molecule has 0 radical (unpaired) electrons. The van der Waals surface area contributed by atoms with Crippen LogP contribution < -0.4 is 11.1 Å². The van der Waals surface area contributed by atoms with Crippen LogP contribution in [-0.4, -0.2) is 31.2 Å². The molecule has 0 aromatic carbocycles. The minimum atomic E-state index is -0.418. The number of carbonyl (C=O) groups excluding carboxylic acids is 1. The molecule has 0 aliphatic heterocycles. The van der Waals surface area contributed by atoms with Crippen molar-refractivity contribution in [1.29, 1.82) is 0 Å². The molecule has 0 saturated carbocycles. The van der Waals surface area contributed by atoms with E-state index in [1.807, 2.05) is 13.8 Å². The zero-order valence-electron chi connectivity index (χ0n) is 10.0. The topological polar surface area (TPSA) is 64.3 Å². The van der Waals surface area contributed by atoms with Gasteiger partial charge in [0.05, 0.1) is 5.54 Å². The lowest BCUT2D eigenvalue weighted by Gasteiger charge is -2.32. The Labute approximate surface area is 98.3 Å². The van der Waals surface area contributed by atoms with Gasteiger partial charge in [-0.15, -0.1) is 12.4 Å². The van der Waals surface area contributed by atoms with Crippen LogP contribution in [0.1, 0.15) is 33.6 Å². The lowest BCUT2D eigenvalue weighted by Crippen LogP contribution is -2.55. The normalized spacial score (nSPS) is 12.9. The highest BCUT2D eigenvalue weighted by atomic mass is 35.5. The summed E-state index contributed by atoms with van der Waals surface area (Å²) in [5.41, 5.74) is 5.39. The molecule has 0 aromatic heterocycles. The van der Waals surface area contributed by atoms with E-state index in [-0.39, 0.29) is 23.9 Å². The number of ether oxygens (including phenoxy) is 1. The fourth-order valence-corrected chi connectivity index (χ4v) is 1.24. The van der Waals surface area contributed by atoms with Crippen molar-refractivity contribution in [2.45, 2.75) is 45.3 Å². The molecule has 1 atom stereocenters. The molecular weight excluding hydrogens is 216 g/mol. The Morgan fingerprint density at radius 2 is 1.93 bits per heavy atom. The van der Waals surface area contributed by atoms with Gasteiger partial charge in [0, 0.05) is 13.7 Å². The standard InChI is InChI=1S/C10H22N2O2.ClH/c1-5-10(6-2,7-11)12-9(13)8(3)14-4;/h8H,5-7,11H2,1-4H3,(H,12,13);1H. The Kier molecular flexibility index (Phi) is 9.01. The average molecular weight is 239 g/mol. The van der Waals surface area contributed by atoms with Gasteiger partial charge >= 0.3 is 0 Å². The van der Waals surface area contributed by atoms with Crippen LogP contribution in [0, 0.1) is 0 Å². The Hall–Kier alpha value is -0.320. The SMILES string of the molecule is CCC(CC)(CN)NC(=O)C(C)OC.Cl. The first kappa shape index (κ1) is 17.1. The molecule has 0 aliphatic rings. The first-order chi connectivity index (χ1) is 6.55. The second kappa shape index (κ2) is 7.91. The highest BCUT2D eigenvalue weighted by Crippen LogP contribution is 2.13. The van der Waals surface area contributed by atoms with Crippen molar-refractivity contribution in [2.24, 2.45) is 5.73 Å². The van der Waals surface area contributed by atoms with Crippen LogP contribution >= 0.6 is 12.4 Å². The van der Waals surface area contributed by atoms with Gasteiger partial charge in [-0.2, -0.15) is 0 Å². The van der Waals surface area contributed by atoms with E-state index in [1.54, 1.807) is 6.92 Å². The molecule has 4 nitrogen and oxygen atoms in total. The summed E-state index contributed by atoms with van der Waals surface area (Å²) in [5.74, 6) is -0.0957. The van der Waals surface area contributed by atoms with E-state index in [0.29, 0.717) is 6.54 Å². The van der Waals surface area contributed by atoms with Gasteiger partial charge in [0.1, 0.15) is 6.10 Å². The molecule has 3 N–H and O–H groups in total. The summed E-state index contributed by atoms with van der Waals surface area (Å²) in [4.78, 5) is 11.6. The molecule has 0 bridgehead atoms. The fourth-order valence-electron chi connectivity index (χ4n) is 1.24. The molecule has 1 amide bonds. The molecule has 92 valence electrons. The number of nitrogens with two attached hydrogens (primary N) is 1. The molecule has 0 rings (SSSR count). The van der Waals surface area contributed by atoms with Gasteiger partial charge < -0.3 is 15.8 Å². The monoisotopic (exact) mass is 238 g/mol. The number of hydrogen-bond acceptors (Lipinski definition) is 3. The summed E-state index contributed by atoms with van der Waals surface area (Å²) in [7, 11) is 1.52. The van der Waals surface area contributed by atoms with E-state index >= 15 is 0 Å². The number of hydrogen-bond donors (Lipinski definition) is 2. The van der Waals surface area contributed by atoms with Gasteiger partial charge in [-0.05, 0) is 19.8 Å². The van der Waals surface area contributed by atoms with Crippen LogP contribution in [0.4, 0.5) is 0 Å². The Balaban J connectivity index is 0. The van der Waals surface area contributed by atoms with Crippen molar-refractivity contribution in [1.82, 2.24) is 5.32 Å². The first-order valence-electron chi connectivity index (χ1n) is 5.10. The Bertz CT molecular complexity index is 176. The second-order valence-electron chi connectivity index (χ2n) is 3.56. The summed E-state index contributed by atoms with van der Waals surface area (Å²) in [6, 6.07) is 0. The van der Waals surface area contributed by atoms with Gasteiger partial charge in [0.2, 0.25) is 5.91 Å². The van der Waals surface area contributed by atoms with Crippen LogP contribution in [0.25, 0.3) is 0 Å². The van der Waals surface area contributed by atoms with Crippen LogP contribution in [0.15, 0.2) is 0 Å². The Morgan fingerprint density at radius 1 is 1.47 bits per heavy atom. The van der Waals surface area contributed by atoms with Gasteiger partial charge in [-0.3, -0.25) is 4.79 Å². The minimum Gasteiger partial charge on any atom is -0.372 e. The molecule has 0 heterocycles. The maximum atomic E-state index is 11.6. The molecule has 15 heavy (non-hydrogen) atoms. The fraction of sp³-hybridized carbons (Fsp3) is 0.900. The predicted molar refractivity (Wildman–Crippen MR) is 64.2 cm³/mol. The minimum absolute atomic E-state index is 0. The van der Waals surface area contributed by atoms with Gasteiger partial charge in [0.15, 0.2) is 0 Å². The largest absolute Gasteiger partial charge is 0.372 e. The number of nitrogens with one attached hydrogen (secondary N) is 1. The smallest absolute Gasteiger partial charge is 0.249 e. The number of rotatable bonds is 6. The molecule has 1 unspecified atom stereocenters. The molecule has 0 aromatic rings. The highest BCUT2D eigenvalue weighted by molar-refractivity contribution is 5.85. The summed E-state index contributed by atoms with van der Waals surface area (Å²) in [6.45, 7) is 6.23. The van der Waals surface area contributed by atoms with E-state index in [0.717, 1.165) is 12.8 Å². The molecule has 0 fully saturated rings. The number of methoxy groups -OCH3 is 1. The van der Waals surface area contributed by atoms with Crippen molar-refractivity contribution in [3.63, 3.8) is 0 Å². The van der Waals surface area contributed by atoms with Crippen LogP contribution in [0.5, 0.6) is 0 Å². The van der Waals surface area contributed by atoms with Crippen LogP contribution in [0.2, 0.25) is 0 Å². The van der Waals surface area contributed by atoms with Crippen molar-refractivity contribution < 1.29 is 9.53 Å². The zero-order valence-corrected chi connectivity index (χ0v) is 10.8. The van der Waals surface area contributed by atoms with Gasteiger partial charge in [0.25, 0.3) is 0 Å². The van der Waals surface area contributed by atoms with Crippen LogP contribution in [-0.2, 0) is 9.53 Å². The van der Waals surface area contributed by atoms with Crippen molar-refractivity contribution in [3.05, 3.63) is 0 Å². The molecule has 0 spiro atoms. The van der Waals surface area contributed by atoms with E-state index in [4.69, 9.17) is 10.5 Å². The quantitative estimate of drug-likeness (QED) is 0.728. The third-order valence-electron chi connectivity index (χ3n) is 2.86. The van der Waals surface area contributed by atoms with E-state index < -0.39 is 6.10 Å². The number of halogens is 1. The summed E-state index contributed by atoms with van der Waals surface area (Å²) in [6.07, 6.45) is 1.25. The third kappa shape index (κ3) is 4.82. The average Bonchev–Trinajstić information content (AvgIpc) is 2.24. The van der Waals surface area contributed by atoms with Crippen LogP contribution in [0.3, 0.4) is 0 Å². The zero-order chi connectivity index (χ0) is 11.2. The second-order valence-corrected chi connectivity index (χ2v) is 3.56. The maximum Gasteiger partial charge on any atom is 0.249 e. The number of carbonyl (C=O) groups is 1. The summed E-state index contributed by atoms with van der Waals surface area (Å²) in [5, 5.41) is 2.94. The molecule has 0 aliphatic carbocycles. The van der Waals surface area contributed by atoms with Crippen molar-refractivity contribution >= 4 is 18.3 Å². The molecule has 0 saturated heterocycles. The molecule has 5 heteroatoms.